The van der Waals surface area contributed by atoms with Gasteiger partial charge in [0.25, 0.3) is 0 Å². The smallest absolute Gasteiger partial charge is 0.307 e. The van der Waals surface area contributed by atoms with Gasteiger partial charge in [-0.1, -0.05) is 0 Å². The van der Waals surface area contributed by atoms with E-state index < -0.39 is 0 Å². The van der Waals surface area contributed by atoms with Gasteiger partial charge in [-0.25, -0.2) is 0 Å². The number of carbonyl (C=O) groups is 1. The van der Waals surface area contributed by atoms with Crippen LogP contribution in [-0.2, 0) is 14.3 Å². The van der Waals surface area contributed by atoms with Crippen LogP contribution in [0.15, 0.2) is 0 Å². The minimum absolute atomic E-state index is 0.139. The summed E-state index contributed by atoms with van der Waals surface area (Å²) < 4.78 is 10.7. The molecule has 0 aromatic carbocycles. The Hall–Kier alpha value is -0.610. The van der Waals surface area contributed by atoms with Crippen molar-refractivity contribution in [2.45, 2.75) is 52.1 Å². The zero-order valence-corrected chi connectivity index (χ0v) is 12.0. The second-order valence-electron chi connectivity index (χ2n) is 5.96. The summed E-state index contributed by atoms with van der Waals surface area (Å²) in [6.45, 7) is 8.97. The molecule has 0 heterocycles. The van der Waals surface area contributed by atoms with Crippen molar-refractivity contribution in [3.8, 4) is 0 Å². The highest BCUT2D eigenvalue weighted by atomic mass is 16.6. The van der Waals surface area contributed by atoms with Gasteiger partial charge in [-0.3, -0.25) is 4.79 Å². The predicted molar refractivity (Wildman–Crippen MR) is 71.5 cm³/mol. The quantitative estimate of drug-likeness (QED) is 0.508. The third kappa shape index (κ3) is 9.42. The van der Waals surface area contributed by atoms with E-state index in [9.17, 15) is 4.79 Å². The molecule has 0 atom stereocenters. The van der Waals surface area contributed by atoms with Gasteiger partial charge in [0, 0.05) is 19.8 Å². The second-order valence-corrected chi connectivity index (χ2v) is 5.96. The van der Waals surface area contributed by atoms with E-state index in [0.717, 1.165) is 32.1 Å². The van der Waals surface area contributed by atoms with Gasteiger partial charge in [0.05, 0.1) is 6.42 Å². The molecule has 0 unspecified atom stereocenters. The van der Waals surface area contributed by atoms with Crippen LogP contribution in [0.25, 0.3) is 0 Å². The van der Waals surface area contributed by atoms with Crippen LogP contribution in [0.3, 0.4) is 0 Å². The highest BCUT2D eigenvalue weighted by Crippen LogP contribution is 2.28. The van der Waals surface area contributed by atoms with Crippen LogP contribution in [0.5, 0.6) is 0 Å². The van der Waals surface area contributed by atoms with Crippen molar-refractivity contribution >= 4 is 5.97 Å². The Labute approximate surface area is 110 Å². The molecule has 0 bridgehead atoms. The van der Waals surface area contributed by atoms with Gasteiger partial charge in [-0.05, 0) is 52.5 Å². The van der Waals surface area contributed by atoms with Crippen LogP contribution < -0.4 is 5.32 Å². The molecule has 18 heavy (non-hydrogen) atoms. The van der Waals surface area contributed by atoms with Gasteiger partial charge in [0.15, 0.2) is 0 Å². The Morgan fingerprint density at radius 3 is 2.61 bits per heavy atom. The Kier molecular flexibility index (Phi) is 6.65. The minimum atomic E-state index is -0.381. The summed E-state index contributed by atoms with van der Waals surface area (Å²) in [6, 6.07) is 0. The average molecular weight is 257 g/mol. The first kappa shape index (κ1) is 15.4. The van der Waals surface area contributed by atoms with Crippen molar-refractivity contribution in [1.29, 1.82) is 0 Å². The fourth-order valence-corrected chi connectivity index (χ4v) is 1.54. The largest absolute Gasteiger partial charge is 0.460 e. The Bertz CT molecular complexity index is 244. The lowest BCUT2D eigenvalue weighted by Crippen LogP contribution is -2.27. The van der Waals surface area contributed by atoms with Crippen molar-refractivity contribution in [2.75, 3.05) is 26.3 Å². The second kappa shape index (κ2) is 7.74. The predicted octanol–water partition coefficient (Wildman–Crippen LogP) is 2.12. The number of rotatable bonds is 9. The van der Waals surface area contributed by atoms with Gasteiger partial charge < -0.3 is 14.8 Å². The van der Waals surface area contributed by atoms with Crippen molar-refractivity contribution in [2.24, 2.45) is 5.92 Å². The molecule has 1 fully saturated rings. The van der Waals surface area contributed by atoms with E-state index in [0.29, 0.717) is 13.0 Å². The van der Waals surface area contributed by atoms with Crippen LogP contribution in [0.2, 0.25) is 0 Å². The van der Waals surface area contributed by atoms with Gasteiger partial charge >= 0.3 is 5.97 Å². The first-order valence-electron chi connectivity index (χ1n) is 6.98. The first-order valence-corrected chi connectivity index (χ1v) is 6.98. The fourth-order valence-electron chi connectivity index (χ4n) is 1.54. The van der Waals surface area contributed by atoms with Gasteiger partial charge in [-0.2, -0.15) is 0 Å². The first-order chi connectivity index (χ1) is 8.47. The zero-order chi connectivity index (χ0) is 13.4. The lowest BCUT2D eigenvalue weighted by atomic mass is 10.2. The van der Waals surface area contributed by atoms with Crippen LogP contribution in [0.4, 0.5) is 0 Å². The van der Waals surface area contributed by atoms with Crippen molar-refractivity contribution in [3.05, 3.63) is 0 Å². The topological polar surface area (TPSA) is 47.6 Å². The monoisotopic (exact) mass is 257 g/mol. The SMILES string of the molecule is CC(C)(C)OC(=O)CCNCCCOCC1CC1. The van der Waals surface area contributed by atoms with E-state index in [-0.39, 0.29) is 11.6 Å². The normalized spacial score (nSPS) is 15.7. The summed E-state index contributed by atoms with van der Waals surface area (Å²) in [6.07, 6.45) is 4.11. The van der Waals surface area contributed by atoms with E-state index in [4.69, 9.17) is 9.47 Å². The Balaban J connectivity index is 1.81. The molecule has 0 aromatic heterocycles. The molecule has 1 aliphatic rings. The van der Waals surface area contributed by atoms with E-state index in [1.165, 1.54) is 12.8 Å². The molecule has 1 N–H and O–H groups in total. The molecule has 1 aliphatic carbocycles. The summed E-state index contributed by atoms with van der Waals surface area (Å²) in [5.41, 5.74) is -0.381. The van der Waals surface area contributed by atoms with E-state index >= 15 is 0 Å². The Morgan fingerprint density at radius 2 is 2.00 bits per heavy atom. The van der Waals surface area contributed by atoms with Gasteiger partial charge in [-0.15, -0.1) is 0 Å². The molecule has 1 rings (SSSR count). The van der Waals surface area contributed by atoms with Crippen molar-refractivity contribution in [3.63, 3.8) is 0 Å². The molecule has 106 valence electrons. The number of ether oxygens (including phenoxy) is 2. The highest BCUT2D eigenvalue weighted by Gasteiger charge is 2.20. The van der Waals surface area contributed by atoms with Gasteiger partial charge in [0.1, 0.15) is 5.60 Å². The molecule has 0 amide bonds. The maximum Gasteiger partial charge on any atom is 0.307 e. The summed E-state index contributed by atoms with van der Waals surface area (Å²) in [5.74, 6) is 0.699. The molecule has 0 aliphatic heterocycles. The third-order valence-electron chi connectivity index (χ3n) is 2.62. The molecule has 0 saturated heterocycles. The highest BCUT2D eigenvalue weighted by molar-refractivity contribution is 5.70. The molecular formula is C14H27NO3. The van der Waals surface area contributed by atoms with Crippen LogP contribution in [0.1, 0.15) is 46.5 Å². The molecule has 1 saturated carbocycles. The fraction of sp³-hybridized carbons (Fsp3) is 0.929. The maximum absolute atomic E-state index is 11.4. The number of esters is 1. The van der Waals surface area contributed by atoms with E-state index in [2.05, 4.69) is 5.32 Å². The number of hydrogen-bond donors (Lipinski definition) is 1. The number of nitrogens with one attached hydrogen (secondary N) is 1. The molecule has 0 aromatic rings. The third-order valence-corrected chi connectivity index (χ3v) is 2.62. The maximum atomic E-state index is 11.4. The van der Waals surface area contributed by atoms with Crippen LogP contribution >= 0.6 is 0 Å². The van der Waals surface area contributed by atoms with Crippen LogP contribution in [-0.4, -0.2) is 37.9 Å². The van der Waals surface area contributed by atoms with E-state index in [1.54, 1.807) is 0 Å². The summed E-state index contributed by atoms with van der Waals surface area (Å²) in [7, 11) is 0. The summed E-state index contributed by atoms with van der Waals surface area (Å²) in [4.78, 5) is 11.4. The van der Waals surface area contributed by atoms with Crippen LogP contribution in [0, 0.1) is 5.92 Å². The standard InChI is InChI=1S/C14H27NO3/c1-14(2,3)18-13(16)7-9-15-8-4-10-17-11-12-5-6-12/h12,15H,4-11H2,1-3H3. The average Bonchev–Trinajstić information content (AvgIpc) is 3.03. The number of carbonyl (C=O) groups excluding carboxylic acids is 1. The summed E-state index contributed by atoms with van der Waals surface area (Å²) in [5, 5.41) is 3.22. The van der Waals surface area contributed by atoms with Crippen molar-refractivity contribution < 1.29 is 14.3 Å². The Morgan fingerprint density at radius 1 is 1.28 bits per heavy atom. The molecule has 0 radical (unpaired) electrons. The number of hydrogen-bond acceptors (Lipinski definition) is 4. The summed E-state index contributed by atoms with van der Waals surface area (Å²) >= 11 is 0. The lowest BCUT2D eigenvalue weighted by Gasteiger charge is -2.19. The lowest BCUT2D eigenvalue weighted by molar-refractivity contribution is -0.154. The molecular weight excluding hydrogens is 230 g/mol. The van der Waals surface area contributed by atoms with Crippen molar-refractivity contribution in [1.82, 2.24) is 5.32 Å². The minimum Gasteiger partial charge on any atom is -0.460 e. The van der Waals surface area contributed by atoms with Gasteiger partial charge in [0.2, 0.25) is 0 Å². The molecule has 4 nitrogen and oxygen atoms in total. The van der Waals surface area contributed by atoms with E-state index in [1.807, 2.05) is 20.8 Å². The zero-order valence-electron chi connectivity index (χ0n) is 12.0. The molecule has 0 spiro atoms. The molecule has 4 heteroatoms.